The fraction of sp³-hybridized carbons (Fsp3) is 0.188. The number of carboxylic acids is 1. The second kappa shape index (κ2) is 12.1. The van der Waals surface area contributed by atoms with Gasteiger partial charge in [-0.15, -0.1) is 0 Å². The van der Waals surface area contributed by atoms with Crippen molar-refractivity contribution in [2.24, 2.45) is 5.16 Å². The third kappa shape index (κ3) is 6.40. The summed E-state index contributed by atoms with van der Waals surface area (Å²) in [4.78, 5) is 27.2. The van der Waals surface area contributed by atoms with Crippen LogP contribution in [-0.4, -0.2) is 32.8 Å². The Morgan fingerprint density at radius 3 is 2.11 bits per heavy atom. The lowest BCUT2D eigenvalue weighted by atomic mass is 9.83. The summed E-state index contributed by atoms with van der Waals surface area (Å²) in [6, 6.07) is 27.5. The third-order valence-corrected chi connectivity index (χ3v) is 6.73. The number of carboxylic acid groups (broad SMARTS) is 1. The highest BCUT2D eigenvalue weighted by Gasteiger charge is 2.21. The summed E-state index contributed by atoms with van der Waals surface area (Å²) in [5.41, 5.74) is 8.18. The predicted molar refractivity (Wildman–Crippen MR) is 148 cm³/mol. The van der Waals surface area contributed by atoms with Crippen LogP contribution in [0.1, 0.15) is 63.5 Å². The van der Waals surface area contributed by atoms with E-state index in [1.807, 2.05) is 55.5 Å². The van der Waals surface area contributed by atoms with Crippen LogP contribution >= 0.6 is 0 Å². The van der Waals surface area contributed by atoms with Crippen LogP contribution in [0.4, 0.5) is 0 Å². The van der Waals surface area contributed by atoms with E-state index in [4.69, 9.17) is 5.11 Å². The largest absolute Gasteiger partial charge is 0.481 e. The van der Waals surface area contributed by atoms with Gasteiger partial charge in [0.1, 0.15) is 0 Å². The number of aliphatic carboxylic acids is 1. The van der Waals surface area contributed by atoms with Crippen LogP contribution in [0.2, 0.25) is 0 Å². The Morgan fingerprint density at radius 2 is 1.50 bits per heavy atom. The van der Waals surface area contributed by atoms with Gasteiger partial charge in [-0.1, -0.05) is 78.0 Å². The number of hydrogen-bond donors (Lipinski definition) is 2. The molecule has 0 radical (unpaired) electrons. The molecule has 0 fully saturated rings. The molecule has 0 aliphatic heterocycles. The molecule has 38 heavy (non-hydrogen) atoms. The van der Waals surface area contributed by atoms with Gasteiger partial charge in [0.2, 0.25) is 0 Å². The normalized spacial score (nSPS) is 12.2. The number of benzene rings is 3. The fourth-order valence-corrected chi connectivity index (χ4v) is 4.64. The van der Waals surface area contributed by atoms with Crippen molar-refractivity contribution in [3.63, 3.8) is 0 Å². The molecule has 0 aliphatic rings. The van der Waals surface area contributed by atoms with Gasteiger partial charge in [0.15, 0.2) is 5.78 Å². The topological polar surface area (TPSA) is 99.9 Å². The number of oxime groups is 1. The maximum absolute atomic E-state index is 12.2. The summed E-state index contributed by atoms with van der Waals surface area (Å²) in [5.74, 6) is -1.19. The molecule has 3 aromatic carbocycles. The van der Waals surface area contributed by atoms with Gasteiger partial charge in [-0.25, -0.2) is 0 Å². The number of carbonyl (C=O) groups is 2. The summed E-state index contributed by atoms with van der Waals surface area (Å²) < 4.78 is 0. The quantitative estimate of drug-likeness (QED) is 0.106. The number of rotatable bonds is 10. The van der Waals surface area contributed by atoms with Crippen molar-refractivity contribution in [1.29, 1.82) is 0 Å². The van der Waals surface area contributed by atoms with E-state index in [0.29, 0.717) is 17.7 Å². The SMILES string of the molecule is Cc1cc(/C(CC(c2ccc(-c3ccc(C(=O)CCC(=O)O)cc3)cc2)c2ccccc2C)=N/O)ccn1. The van der Waals surface area contributed by atoms with Crippen molar-refractivity contribution in [1.82, 2.24) is 4.98 Å². The van der Waals surface area contributed by atoms with Crippen molar-refractivity contribution in [2.45, 2.75) is 39.0 Å². The number of ketones is 1. The van der Waals surface area contributed by atoms with Crippen LogP contribution in [0.5, 0.6) is 0 Å². The molecular formula is C32H30N2O4. The van der Waals surface area contributed by atoms with Gasteiger partial charge in [0, 0.05) is 41.8 Å². The number of nitrogens with zero attached hydrogens (tertiary/aromatic N) is 2. The Balaban J connectivity index is 1.61. The molecule has 0 saturated carbocycles. The Hall–Kier alpha value is -4.58. The van der Waals surface area contributed by atoms with Gasteiger partial charge < -0.3 is 10.3 Å². The van der Waals surface area contributed by atoms with E-state index in [1.54, 1.807) is 18.3 Å². The molecule has 4 rings (SSSR count). The van der Waals surface area contributed by atoms with E-state index in [-0.39, 0.29) is 24.5 Å². The molecule has 2 N–H and O–H groups in total. The molecule has 0 spiro atoms. The van der Waals surface area contributed by atoms with Crippen molar-refractivity contribution >= 4 is 17.5 Å². The van der Waals surface area contributed by atoms with Gasteiger partial charge in [0.05, 0.1) is 12.1 Å². The van der Waals surface area contributed by atoms with Gasteiger partial charge in [-0.2, -0.15) is 0 Å². The minimum absolute atomic E-state index is 0.0120. The Morgan fingerprint density at radius 1 is 0.842 bits per heavy atom. The fourth-order valence-electron chi connectivity index (χ4n) is 4.64. The van der Waals surface area contributed by atoms with E-state index >= 15 is 0 Å². The summed E-state index contributed by atoms with van der Waals surface area (Å²) in [7, 11) is 0. The number of aryl methyl sites for hydroxylation is 2. The lowest BCUT2D eigenvalue weighted by Crippen LogP contribution is -2.12. The second-order valence-corrected chi connectivity index (χ2v) is 9.36. The highest BCUT2D eigenvalue weighted by molar-refractivity contribution is 6.01. The number of pyridine rings is 1. The molecule has 0 aliphatic carbocycles. The van der Waals surface area contributed by atoms with Gasteiger partial charge in [-0.3, -0.25) is 14.6 Å². The van der Waals surface area contributed by atoms with Crippen molar-refractivity contribution in [2.75, 3.05) is 0 Å². The number of carbonyl (C=O) groups excluding carboxylic acids is 1. The molecule has 1 aromatic heterocycles. The number of aromatic nitrogens is 1. The monoisotopic (exact) mass is 506 g/mol. The lowest BCUT2D eigenvalue weighted by Gasteiger charge is -2.21. The highest BCUT2D eigenvalue weighted by atomic mass is 16.4. The van der Waals surface area contributed by atoms with E-state index in [0.717, 1.165) is 39.1 Å². The van der Waals surface area contributed by atoms with Crippen LogP contribution in [0, 0.1) is 13.8 Å². The van der Waals surface area contributed by atoms with Crippen LogP contribution < -0.4 is 0 Å². The average Bonchev–Trinajstić information content (AvgIpc) is 2.93. The third-order valence-electron chi connectivity index (χ3n) is 6.73. The number of Topliss-reactive ketones (excluding diaryl/α,β-unsaturated/α-hetero) is 1. The zero-order chi connectivity index (χ0) is 27.1. The standard InChI is InChI=1S/C32H30N2O4/c1-21-5-3-4-6-28(21)29(20-30(34-38)27-17-18-33-22(2)19-27)25-11-7-23(8-12-25)24-9-13-26(14-10-24)31(35)15-16-32(36)37/h3-14,17-19,29,38H,15-16,20H2,1-2H3,(H,36,37)/b34-30+. The molecule has 1 heterocycles. The molecule has 6 heteroatoms. The van der Waals surface area contributed by atoms with Crippen LogP contribution in [-0.2, 0) is 4.79 Å². The minimum atomic E-state index is -0.979. The molecule has 0 amide bonds. The maximum Gasteiger partial charge on any atom is 0.303 e. The first kappa shape index (κ1) is 26.5. The molecule has 1 atom stereocenters. The first-order valence-electron chi connectivity index (χ1n) is 12.5. The predicted octanol–water partition coefficient (Wildman–Crippen LogP) is 6.81. The maximum atomic E-state index is 12.2. The zero-order valence-corrected chi connectivity index (χ0v) is 21.5. The summed E-state index contributed by atoms with van der Waals surface area (Å²) in [5, 5.41) is 22.4. The molecule has 0 bridgehead atoms. The molecule has 192 valence electrons. The lowest BCUT2D eigenvalue weighted by molar-refractivity contribution is -0.136. The second-order valence-electron chi connectivity index (χ2n) is 9.36. The molecule has 1 unspecified atom stereocenters. The van der Waals surface area contributed by atoms with Crippen LogP contribution in [0.25, 0.3) is 11.1 Å². The molecular weight excluding hydrogens is 476 g/mol. The van der Waals surface area contributed by atoms with Gasteiger partial charge in [-0.05, 0) is 53.8 Å². The van der Waals surface area contributed by atoms with E-state index in [2.05, 4.69) is 41.3 Å². The molecule has 0 saturated heterocycles. The Bertz CT molecular complexity index is 1460. The van der Waals surface area contributed by atoms with Crippen LogP contribution in [0.3, 0.4) is 0 Å². The zero-order valence-electron chi connectivity index (χ0n) is 21.5. The smallest absolute Gasteiger partial charge is 0.303 e. The average molecular weight is 507 g/mol. The van der Waals surface area contributed by atoms with E-state index in [1.165, 1.54) is 0 Å². The summed E-state index contributed by atoms with van der Waals surface area (Å²) in [6.07, 6.45) is 2.05. The highest BCUT2D eigenvalue weighted by Crippen LogP contribution is 2.33. The minimum Gasteiger partial charge on any atom is -0.481 e. The van der Waals surface area contributed by atoms with Crippen LogP contribution in [0.15, 0.2) is 96.3 Å². The Labute approximate surface area is 222 Å². The summed E-state index contributed by atoms with van der Waals surface area (Å²) >= 11 is 0. The van der Waals surface area contributed by atoms with Crippen molar-refractivity contribution in [3.05, 3.63) is 125 Å². The van der Waals surface area contributed by atoms with E-state index in [9.17, 15) is 14.8 Å². The number of hydrogen-bond acceptors (Lipinski definition) is 5. The van der Waals surface area contributed by atoms with Gasteiger partial charge in [0.25, 0.3) is 0 Å². The van der Waals surface area contributed by atoms with Gasteiger partial charge >= 0.3 is 5.97 Å². The summed E-state index contributed by atoms with van der Waals surface area (Å²) in [6.45, 7) is 4.00. The first-order valence-corrected chi connectivity index (χ1v) is 12.5. The first-order chi connectivity index (χ1) is 18.4. The van der Waals surface area contributed by atoms with Crippen molar-refractivity contribution < 1.29 is 19.9 Å². The Kier molecular flexibility index (Phi) is 8.44. The molecule has 6 nitrogen and oxygen atoms in total. The van der Waals surface area contributed by atoms with E-state index < -0.39 is 5.97 Å². The van der Waals surface area contributed by atoms with Crippen molar-refractivity contribution in [3.8, 4) is 11.1 Å². The molecule has 4 aromatic rings.